The van der Waals surface area contributed by atoms with Crippen LogP contribution in [0.4, 0.5) is 18.9 Å². The first kappa shape index (κ1) is 15.3. The number of aryl methyl sites for hydroxylation is 1. The smallest absolute Gasteiger partial charge is 0.326 e. The second-order valence-corrected chi connectivity index (χ2v) is 5.66. The second-order valence-electron chi connectivity index (χ2n) is 4.81. The Hall–Kier alpha value is -1.08. The van der Waals surface area contributed by atoms with Gasteiger partial charge >= 0.3 is 6.36 Å². The van der Waals surface area contributed by atoms with E-state index in [9.17, 15) is 18.0 Å². The van der Waals surface area contributed by atoms with E-state index >= 15 is 0 Å². The molecular weight excluding hydrogens is 339 g/mol. The molecule has 110 valence electrons. The zero-order valence-electron chi connectivity index (χ0n) is 10.6. The number of nitrogens with one attached hydrogen (secondary N) is 1. The van der Waals surface area contributed by atoms with E-state index in [1.807, 2.05) is 6.92 Å². The van der Waals surface area contributed by atoms with Crippen molar-refractivity contribution in [2.45, 2.75) is 32.2 Å². The molecule has 7 heteroatoms. The Balaban J connectivity index is 1.84. The fourth-order valence-electron chi connectivity index (χ4n) is 2.03. The normalized spacial score (nSPS) is 22.2. The molecule has 2 rings (SSSR count). The predicted octanol–water partition coefficient (Wildman–Crippen LogP) is 4.01. The third-order valence-electron chi connectivity index (χ3n) is 3.19. The van der Waals surface area contributed by atoms with Crippen LogP contribution in [0.5, 0.6) is 0 Å². The Labute approximate surface area is 122 Å². The Morgan fingerprint density at radius 3 is 2.60 bits per heavy atom. The number of rotatable bonds is 3. The SMILES string of the molecule is Cc1cc(NC(=O)C2CC(OC(F)(F)F)C2)ccc1Br. The second kappa shape index (κ2) is 5.73. The molecule has 0 heterocycles. The average Bonchev–Trinajstić information content (AvgIpc) is 2.26. The number of anilines is 1. The lowest BCUT2D eigenvalue weighted by Gasteiger charge is -2.34. The molecule has 1 amide bonds. The minimum absolute atomic E-state index is 0.0981. The summed E-state index contributed by atoms with van der Waals surface area (Å²) in [5.41, 5.74) is 1.60. The van der Waals surface area contributed by atoms with Crippen molar-refractivity contribution in [2.75, 3.05) is 5.32 Å². The molecule has 1 aliphatic rings. The number of carbonyl (C=O) groups excluding carboxylic acids is 1. The van der Waals surface area contributed by atoms with E-state index < -0.39 is 18.4 Å². The van der Waals surface area contributed by atoms with Gasteiger partial charge in [0.15, 0.2) is 0 Å². The van der Waals surface area contributed by atoms with E-state index in [1.54, 1.807) is 18.2 Å². The molecule has 0 aromatic heterocycles. The van der Waals surface area contributed by atoms with Gasteiger partial charge in [-0.2, -0.15) is 0 Å². The molecule has 1 saturated carbocycles. The van der Waals surface area contributed by atoms with Gasteiger partial charge in [-0.1, -0.05) is 15.9 Å². The van der Waals surface area contributed by atoms with Gasteiger partial charge in [0, 0.05) is 16.1 Å². The molecule has 0 atom stereocenters. The molecule has 1 aromatic carbocycles. The van der Waals surface area contributed by atoms with Crippen LogP contribution in [-0.2, 0) is 9.53 Å². The van der Waals surface area contributed by atoms with E-state index in [1.165, 1.54) is 0 Å². The van der Waals surface area contributed by atoms with Crippen molar-refractivity contribution in [1.82, 2.24) is 0 Å². The van der Waals surface area contributed by atoms with Crippen molar-refractivity contribution in [3.63, 3.8) is 0 Å². The number of carbonyl (C=O) groups is 1. The molecule has 0 unspecified atom stereocenters. The lowest BCUT2D eigenvalue weighted by Crippen LogP contribution is -2.41. The van der Waals surface area contributed by atoms with Crippen molar-refractivity contribution in [1.29, 1.82) is 0 Å². The third kappa shape index (κ3) is 3.96. The highest BCUT2D eigenvalue weighted by Gasteiger charge is 2.42. The Kier molecular flexibility index (Phi) is 4.39. The van der Waals surface area contributed by atoms with E-state index in [0.717, 1.165) is 10.0 Å². The van der Waals surface area contributed by atoms with Gasteiger partial charge in [0.1, 0.15) is 0 Å². The number of hydrogen-bond donors (Lipinski definition) is 1. The molecule has 1 N–H and O–H groups in total. The molecule has 3 nitrogen and oxygen atoms in total. The highest BCUT2D eigenvalue weighted by molar-refractivity contribution is 9.10. The first-order valence-corrected chi connectivity index (χ1v) is 6.85. The predicted molar refractivity (Wildman–Crippen MR) is 71.2 cm³/mol. The van der Waals surface area contributed by atoms with Gasteiger partial charge in [-0.05, 0) is 43.5 Å². The zero-order chi connectivity index (χ0) is 14.9. The molecule has 0 bridgehead atoms. The van der Waals surface area contributed by atoms with E-state index in [2.05, 4.69) is 26.0 Å². The van der Waals surface area contributed by atoms with Crippen LogP contribution in [0.25, 0.3) is 0 Å². The number of ether oxygens (including phenoxy) is 1. The number of alkyl halides is 3. The highest BCUT2D eigenvalue weighted by atomic mass is 79.9. The number of halogens is 4. The van der Waals surface area contributed by atoms with Crippen LogP contribution in [0, 0.1) is 12.8 Å². The molecule has 0 aliphatic heterocycles. The zero-order valence-corrected chi connectivity index (χ0v) is 12.2. The average molecular weight is 352 g/mol. The van der Waals surface area contributed by atoms with E-state index in [-0.39, 0.29) is 18.7 Å². The summed E-state index contributed by atoms with van der Waals surface area (Å²) in [5.74, 6) is -0.694. The van der Waals surface area contributed by atoms with Crippen LogP contribution < -0.4 is 5.32 Å². The van der Waals surface area contributed by atoms with Crippen LogP contribution in [0.3, 0.4) is 0 Å². The van der Waals surface area contributed by atoms with Crippen LogP contribution in [0.1, 0.15) is 18.4 Å². The first-order valence-electron chi connectivity index (χ1n) is 6.06. The Bertz CT molecular complexity index is 513. The minimum atomic E-state index is -4.63. The van der Waals surface area contributed by atoms with Crippen LogP contribution >= 0.6 is 15.9 Å². The van der Waals surface area contributed by atoms with E-state index in [4.69, 9.17) is 0 Å². The van der Waals surface area contributed by atoms with Gasteiger partial charge in [0.05, 0.1) is 6.10 Å². The summed E-state index contributed by atoms with van der Waals surface area (Å²) in [4.78, 5) is 11.8. The summed E-state index contributed by atoms with van der Waals surface area (Å²) in [7, 11) is 0. The maximum Gasteiger partial charge on any atom is 0.522 e. The van der Waals surface area contributed by atoms with Gasteiger partial charge in [0.25, 0.3) is 0 Å². The summed E-state index contributed by atoms with van der Waals surface area (Å²) in [6.45, 7) is 1.89. The van der Waals surface area contributed by atoms with Gasteiger partial charge in [-0.25, -0.2) is 0 Å². The van der Waals surface area contributed by atoms with Crippen LogP contribution in [0.15, 0.2) is 22.7 Å². The topological polar surface area (TPSA) is 38.3 Å². The maximum absolute atomic E-state index is 12.0. The molecule has 1 aromatic rings. The standard InChI is InChI=1S/C13H13BrF3NO2/c1-7-4-9(2-3-11(7)14)18-12(19)8-5-10(6-8)20-13(15,16)17/h2-4,8,10H,5-6H2,1H3,(H,18,19). The van der Waals surface area contributed by atoms with Gasteiger partial charge in [0.2, 0.25) is 5.91 Å². The van der Waals surface area contributed by atoms with Crippen LogP contribution in [-0.4, -0.2) is 18.4 Å². The fourth-order valence-corrected chi connectivity index (χ4v) is 2.28. The summed E-state index contributed by atoms with van der Waals surface area (Å²) in [5, 5.41) is 2.70. The molecule has 1 fully saturated rings. The number of hydrogen-bond acceptors (Lipinski definition) is 2. The molecule has 0 radical (unpaired) electrons. The summed E-state index contributed by atoms with van der Waals surface area (Å²) in [6.07, 6.45) is -5.34. The maximum atomic E-state index is 12.0. The van der Waals surface area contributed by atoms with Crippen molar-refractivity contribution in [2.24, 2.45) is 5.92 Å². The van der Waals surface area contributed by atoms with Gasteiger partial charge in [-0.15, -0.1) is 13.2 Å². The monoisotopic (exact) mass is 351 g/mol. The minimum Gasteiger partial charge on any atom is -0.326 e. The van der Waals surface area contributed by atoms with E-state index in [0.29, 0.717) is 5.69 Å². The quantitative estimate of drug-likeness (QED) is 0.893. The lowest BCUT2D eigenvalue weighted by molar-refractivity contribution is -0.353. The summed E-state index contributed by atoms with van der Waals surface area (Å²) >= 11 is 3.35. The van der Waals surface area contributed by atoms with Crippen molar-refractivity contribution in [3.8, 4) is 0 Å². The van der Waals surface area contributed by atoms with Crippen LogP contribution in [0.2, 0.25) is 0 Å². The Morgan fingerprint density at radius 1 is 1.40 bits per heavy atom. The molecule has 1 aliphatic carbocycles. The summed E-state index contributed by atoms with van der Waals surface area (Å²) in [6, 6.07) is 5.34. The van der Waals surface area contributed by atoms with Gasteiger partial charge < -0.3 is 5.32 Å². The first-order chi connectivity index (χ1) is 9.24. The summed E-state index contributed by atoms with van der Waals surface area (Å²) < 4.78 is 40.7. The third-order valence-corrected chi connectivity index (χ3v) is 4.08. The Morgan fingerprint density at radius 2 is 2.05 bits per heavy atom. The highest BCUT2D eigenvalue weighted by Crippen LogP contribution is 2.35. The molecule has 20 heavy (non-hydrogen) atoms. The lowest BCUT2D eigenvalue weighted by atomic mass is 9.81. The number of amides is 1. The van der Waals surface area contributed by atoms with Crippen molar-refractivity contribution < 1.29 is 22.7 Å². The largest absolute Gasteiger partial charge is 0.522 e. The number of benzene rings is 1. The van der Waals surface area contributed by atoms with Crippen molar-refractivity contribution in [3.05, 3.63) is 28.2 Å². The van der Waals surface area contributed by atoms with Crippen molar-refractivity contribution >= 4 is 27.5 Å². The fraction of sp³-hybridized carbons (Fsp3) is 0.462. The molecule has 0 saturated heterocycles. The molecular formula is C13H13BrF3NO2. The molecule has 0 spiro atoms. The van der Waals surface area contributed by atoms with Gasteiger partial charge in [-0.3, -0.25) is 9.53 Å².